The Morgan fingerprint density at radius 1 is 1.44 bits per heavy atom. The summed E-state index contributed by atoms with van der Waals surface area (Å²) in [6.07, 6.45) is 8.89. The lowest BCUT2D eigenvalue weighted by atomic mass is 9.88. The van der Waals surface area contributed by atoms with Crippen LogP contribution in [0.25, 0.3) is 0 Å². The number of aromatic nitrogens is 1. The van der Waals surface area contributed by atoms with Gasteiger partial charge >= 0.3 is 0 Å². The third-order valence-corrected chi connectivity index (χ3v) is 4.19. The zero-order chi connectivity index (χ0) is 11.4. The van der Waals surface area contributed by atoms with E-state index in [4.69, 9.17) is 11.6 Å². The van der Waals surface area contributed by atoms with Crippen LogP contribution in [0.15, 0.2) is 18.5 Å². The molecule has 0 bridgehead atoms. The normalized spacial score (nSPS) is 18.6. The van der Waals surface area contributed by atoms with Gasteiger partial charge in [0.25, 0.3) is 0 Å². The van der Waals surface area contributed by atoms with E-state index in [1.807, 2.05) is 18.5 Å². The Balaban J connectivity index is 1.98. The molecule has 3 heteroatoms. The minimum atomic E-state index is 0.317. The molecule has 0 amide bonds. The largest absolute Gasteiger partial charge is 0.384 e. The molecule has 88 valence electrons. The van der Waals surface area contributed by atoms with Crippen molar-refractivity contribution in [1.82, 2.24) is 4.98 Å². The van der Waals surface area contributed by atoms with Crippen molar-refractivity contribution in [3.05, 3.63) is 24.0 Å². The van der Waals surface area contributed by atoms with Crippen LogP contribution in [0.1, 0.15) is 31.2 Å². The predicted molar refractivity (Wildman–Crippen MR) is 69.1 cm³/mol. The fourth-order valence-electron chi connectivity index (χ4n) is 2.44. The van der Waals surface area contributed by atoms with Gasteiger partial charge in [0.2, 0.25) is 0 Å². The van der Waals surface area contributed by atoms with Crippen molar-refractivity contribution >= 4 is 17.3 Å². The molecule has 1 N–H and O–H groups in total. The molecule has 16 heavy (non-hydrogen) atoms. The summed E-state index contributed by atoms with van der Waals surface area (Å²) >= 11 is 6.12. The van der Waals surface area contributed by atoms with Crippen molar-refractivity contribution in [1.29, 1.82) is 0 Å². The van der Waals surface area contributed by atoms with Gasteiger partial charge in [-0.05, 0) is 31.4 Å². The number of pyridine rings is 1. The van der Waals surface area contributed by atoms with E-state index in [-0.39, 0.29) is 0 Å². The highest BCUT2D eigenvalue weighted by Gasteiger charge is 2.32. The van der Waals surface area contributed by atoms with Gasteiger partial charge in [-0.25, -0.2) is 0 Å². The average molecular weight is 239 g/mol. The number of nitrogens with zero attached hydrogens (tertiary/aromatic N) is 1. The van der Waals surface area contributed by atoms with Crippen LogP contribution in [0.5, 0.6) is 0 Å². The van der Waals surface area contributed by atoms with E-state index in [9.17, 15) is 0 Å². The van der Waals surface area contributed by atoms with E-state index in [0.717, 1.165) is 12.4 Å². The summed E-state index contributed by atoms with van der Waals surface area (Å²) in [6.45, 7) is 3.07. The molecule has 0 spiro atoms. The topological polar surface area (TPSA) is 24.9 Å². The van der Waals surface area contributed by atoms with Crippen LogP contribution in [-0.4, -0.2) is 17.4 Å². The van der Waals surface area contributed by atoms with Gasteiger partial charge < -0.3 is 5.32 Å². The van der Waals surface area contributed by atoms with Gasteiger partial charge in [-0.15, -0.1) is 11.6 Å². The third-order valence-electron chi connectivity index (χ3n) is 3.62. The van der Waals surface area contributed by atoms with Crippen LogP contribution in [0.4, 0.5) is 5.69 Å². The first-order chi connectivity index (χ1) is 7.76. The standard InChI is InChI=1S/C13H19ClN2/c1-11-8-15-7-4-12(11)16-10-13(9-14)5-2-3-6-13/h4,7-8H,2-3,5-6,9-10H2,1H3,(H,15,16). The Morgan fingerprint density at radius 2 is 2.19 bits per heavy atom. The monoisotopic (exact) mass is 238 g/mol. The van der Waals surface area contributed by atoms with Crippen LogP contribution in [0.2, 0.25) is 0 Å². The minimum Gasteiger partial charge on any atom is -0.384 e. The third kappa shape index (κ3) is 2.49. The van der Waals surface area contributed by atoms with Crippen LogP contribution < -0.4 is 5.32 Å². The molecule has 1 aliphatic carbocycles. The maximum absolute atomic E-state index is 6.12. The molecule has 2 nitrogen and oxygen atoms in total. The Hall–Kier alpha value is -0.760. The number of alkyl halides is 1. The molecule has 1 aromatic rings. The number of hydrogen-bond donors (Lipinski definition) is 1. The summed E-state index contributed by atoms with van der Waals surface area (Å²) in [5.74, 6) is 0.768. The Morgan fingerprint density at radius 3 is 2.81 bits per heavy atom. The van der Waals surface area contributed by atoms with Gasteiger partial charge in [-0.1, -0.05) is 12.8 Å². The molecule has 0 saturated heterocycles. The van der Waals surface area contributed by atoms with Gasteiger partial charge in [0.1, 0.15) is 0 Å². The quantitative estimate of drug-likeness (QED) is 0.811. The second-order valence-electron chi connectivity index (χ2n) is 4.88. The van der Waals surface area contributed by atoms with Crippen LogP contribution in [-0.2, 0) is 0 Å². The van der Waals surface area contributed by atoms with E-state index < -0.39 is 0 Å². The van der Waals surface area contributed by atoms with E-state index in [1.165, 1.54) is 36.9 Å². The molecule has 0 aliphatic heterocycles. The second kappa shape index (κ2) is 5.05. The van der Waals surface area contributed by atoms with Gasteiger partial charge in [0.05, 0.1) is 0 Å². The molecule has 0 unspecified atom stereocenters. The van der Waals surface area contributed by atoms with Gasteiger partial charge in [0.15, 0.2) is 0 Å². The molecule has 1 aliphatic rings. The highest BCUT2D eigenvalue weighted by molar-refractivity contribution is 6.18. The summed E-state index contributed by atoms with van der Waals surface area (Å²) in [5.41, 5.74) is 2.70. The number of halogens is 1. The molecule has 2 rings (SSSR count). The molecule has 1 saturated carbocycles. The molecule has 1 heterocycles. The van der Waals surface area contributed by atoms with E-state index in [0.29, 0.717) is 5.41 Å². The summed E-state index contributed by atoms with van der Waals surface area (Å²) in [5, 5.41) is 3.52. The van der Waals surface area contributed by atoms with Crippen molar-refractivity contribution in [3.63, 3.8) is 0 Å². The lowest BCUT2D eigenvalue weighted by molar-refractivity contribution is 0.368. The van der Waals surface area contributed by atoms with E-state index in [1.54, 1.807) is 0 Å². The number of rotatable bonds is 4. The zero-order valence-electron chi connectivity index (χ0n) is 9.80. The average Bonchev–Trinajstić information content (AvgIpc) is 2.78. The lowest BCUT2D eigenvalue weighted by Crippen LogP contribution is -2.28. The predicted octanol–water partition coefficient (Wildman–Crippen LogP) is 3.60. The van der Waals surface area contributed by atoms with Crippen molar-refractivity contribution < 1.29 is 0 Å². The fraction of sp³-hybridized carbons (Fsp3) is 0.615. The lowest BCUT2D eigenvalue weighted by Gasteiger charge is -2.27. The number of aryl methyl sites for hydroxylation is 1. The summed E-state index contributed by atoms with van der Waals surface area (Å²) in [7, 11) is 0. The molecule has 1 aromatic heterocycles. The second-order valence-corrected chi connectivity index (χ2v) is 5.15. The Labute approximate surface area is 102 Å². The fourth-order valence-corrected chi connectivity index (χ4v) is 2.80. The molecular weight excluding hydrogens is 220 g/mol. The van der Waals surface area contributed by atoms with Crippen LogP contribution in [0.3, 0.4) is 0 Å². The molecule has 0 aromatic carbocycles. The Kier molecular flexibility index (Phi) is 3.70. The molecular formula is C13H19ClN2. The highest BCUT2D eigenvalue weighted by Crippen LogP contribution is 2.39. The van der Waals surface area contributed by atoms with E-state index in [2.05, 4.69) is 17.2 Å². The molecule has 0 atom stereocenters. The number of anilines is 1. The Bertz CT molecular complexity index is 346. The van der Waals surface area contributed by atoms with Crippen molar-refractivity contribution in [2.24, 2.45) is 5.41 Å². The maximum Gasteiger partial charge on any atom is 0.0400 e. The first-order valence-electron chi connectivity index (χ1n) is 5.96. The molecule has 0 radical (unpaired) electrons. The first kappa shape index (κ1) is 11.7. The van der Waals surface area contributed by atoms with Gasteiger partial charge in [-0.3, -0.25) is 4.98 Å². The minimum absolute atomic E-state index is 0.317. The number of nitrogens with one attached hydrogen (secondary N) is 1. The van der Waals surface area contributed by atoms with E-state index >= 15 is 0 Å². The van der Waals surface area contributed by atoms with Crippen molar-refractivity contribution in [2.45, 2.75) is 32.6 Å². The molecule has 1 fully saturated rings. The smallest absolute Gasteiger partial charge is 0.0400 e. The zero-order valence-corrected chi connectivity index (χ0v) is 10.6. The first-order valence-corrected chi connectivity index (χ1v) is 6.50. The number of hydrogen-bond acceptors (Lipinski definition) is 2. The summed E-state index contributed by atoms with van der Waals surface area (Å²) in [4.78, 5) is 4.10. The van der Waals surface area contributed by atoms with Crippen LogP contribution in [0, 0.1) is 12.3 Å². The summed E-state index contributed by atoms with van der Waals surface area (Å²) < 4.78 is 0. The van der Waals surface area contributed by atoms with Crippen LogP contribution >= 0.6 is 11.6 Å². The van der Waals surface area contributed by atoms with Gasteiger partial charge in [-0.2, -0.15) is 0 Å². The van der Waals surface area contributed by atoms with Gasteiger partial charge in [0, 0.05) is 35.9 Å². The SMILES string of the molecule is Cc1cnccc1NCC1(CCl)CCCC1. The highest BCUT2D eigenvalue weighted by atomic mass is 35.5. The van der Waals surface area contributed by atoms with Crippen molar-refractivity contribution in [2.75, 3.05) is 17.7 Å². The maximum atomic E-state index is 6.12. The van der Waals surface area contributed by atoms with Crippen molar-refractivity contribution in [3.8, 4) is 0 Å². The summed E-state index contributed by atoms with van der Waals surface area (Å²) in [6, 6.07) is 2.03.